The molecule has 0 aliphatic rings. The molecule has 5 aromatic rings. The van der Waals surface area contributed by atoms with E-state index in [0.717, 1.165) is 38.9 Å². The number of halogens is 5. The van der Waals surface area contributed by atoms with E-state index in [9.17, 15) is 18.0 Å². The Kier molecular flexibility index (Phi) is 8.81. The summed E-state index contributed by atoms with van der Waals surface area (Å²) in [5.74, 6) is -2.76. The van der Waals surface area contributed by atoms with Crippen molar-refractivity contribution in [3.05, 3.63) is 123 Å². The van der Waals surface area contributed by atoms with Crippen molar-refractivity contribution in [2.24, 2.45) is 14.1 Å². The molecule has 7 nitrogen and oxygen atoms in total. The minimum Gasteiger partial charge on any atom is -0.475 e. The molecule has 1 unspecified atom stereocenters. The third kappa shape index (κ3) is 5.92. The molecule has 3 aromatic carbocycles. The number of benzene rings is 3. The van der Waals surface area contributed by atoms with E-state index in [-0.39, 0.29) is 5.56 Å². The van der Waals surface area contributed by atoms with Crippen LogP contribution in [0.15, 0.2) is 90.1 Å². The highest BCUT2D eigenvalue weighted by atomic mass is 35.5. The van der Waals surface area contributed by atoms with E-state index in [1.807, 2.05) is 72.3 Å². The number of pyridine rings is 1. The molecule has 1 atom stereocenters. The van der Waals surface area contributed by atoms with Crippen LogP contribution in [-0.2, 0) is 29.2 Å². The predicted octanol–water partition coefficient (Wildman–Crippen LogP) is 6.82. The maximum Gasteiger partial charge on any atom is 0.490 e. The third-order valence-electron chi connectivity index (χ3n) is 6.77. The number of carboxylic acid groups (broad SMARTS) is 1. The lowest BCUT2D eigenvalue weighted by atomic mass is 9.82. The summed E-state index contributed by atoms with van der Waals surface area (Å²) in [5, 5.41) is 9.28. The molecule has 0 radical (unpaired) electrons. The smallest absolute Gasteiger partial charge is 0.475 e. The molecule has 0 saturated carbocycles. The van der Waals surface area contributed by atoms with Crippen LogP contribution in [0.1, 0.15) is 16.8 Å². The van der Waals surface area contributed by atoms with E-state index < -0.39 is 17.7 Å². The molecular formula is C30H24Cl2F3N3O4. The van der Waals surface area contributed by atoms with Gasteiger partial charge in [-0.15, -0.1) is 0 Å². The first kappa shape index (κ1) is 30.8. The summed E-state index contributed by atoms with van der Waals surface area (Å²) in [6, 6.07) is 22.8. The third-order valence-corrected chi connectivity index (χ3v) is 7.25. The number of carboxylic acids is 1. The lowest BCUT2D eigenvalue weighted by molar-refractivity contribution is -0.192. The van der Waals surface area contributed by atoms with Crippen LogP contribution in [0.3, 0.4) is 0 Å². The Balaban J connectivity index is 0.000000517. The van der Waals surface area contributed by atoms with Crippen molar-refractivity contribution in [3.8, 4) is 11.1 Å². The Hall–Kier alpha value is -4.12. The molecule has 0 fully saturated rings. The van der Waals surface area contributed by atoms with E-state index >= 15 is 0 Å². The second-order valence-corrected chi connectivity index (χ2v) is 10.2. The van der Waals surface area contributed by atoms with Gasteiger partial charge in [-0.1, -0.05) is 53.5 Å². The van der Waals surface area contributed by atoms with Crippen molar-refractivity contribution < 1.29 is 27.8 Å². The van der Waals surface area contributed by atoms with Crippen LogP contribution < -0.4 is 5.56 Å². The van der Waals surface area contributed by atoms with Crippen molar-refractivity contribution in [2.75, 3.05) is 7.11 Å². The molecular weight excluding hydrogens is 594 g/mol. The maximum absolute atomic E-state index is 12.8. The summed E-state index contributed by atoms with van der Waals surface area (Å²) in [6.45, 7) is 0. The van der Waals surface area contributed by atoms with Gasteiger partial charge in [-0.3, -0.25) is 4.79 Å². The number of ether oxygens (including phenoxy) is 1. The summed E-state index contributed by atoms with van der Waals surface area (Å²) in [4.78, 5) is 26.1. The molecule has 2 aromatic heterocycles. The summed E-state index contributed by atoms with van der Waals surface area (Å²) >= 11 is 12.5. The van der Waals surface area contributed by atoms with Crippen LogP contribution in [0.2, 0.25) is 10.0 Å². The number of aryl methyl sites for hydroxylation is 2. The Morgan fingerprint density at radius 3 is 2.12 bits per heavy atom. The van der Waals surface area contributed by atoms with Crippen molar-refractivity contribution in [2.45, 2.75) is 11.8 Å². The number of nitrogens with zero attached hydrogens (tertiary/aromatic N) is 3. The highest BCUT2D eigenvalue weighted by molar-refractivity contribution is 6.31. The second-order valence-electron chi connectivity index (χ2n) is 9.28. The lowest BCUT2D eigenvalue weighted by Gasteiger charge is -2.34. The van der Waals surface area contributed by atoms with E-state index in [1.165, 1.54) is 0 Å². The molecule has 12 heteroatoms. The number of imidazole rings is 1. The predicted molar refractivity (Wildman–Crippen MR) is 155 cm³/mol. The molecule has 42 heavy (non-hydrogen) atoms. The molecule has 0 aliphatic heterocycles. The van der Waals surface area contributed by atoms with Crippen molar-refractivity contribution in [1.29, 1.82) is 0 Å². The van der Waals surface area contributed by atoms with Crippen LogP contribution in [0.4, 0.5) is 13.2 Å². The van der Waals surface area contributed by atoms with Gasteiger partial charge in [0, 0.05) is 42.7 Å². The summed E-state index contributed by atoms with van der Waals surface area (Å²) in [7, 11) is 5.40. The number of hydrogen-bond acceptors (Lipinski definition) is 4. The van der Waals surface area contributed by atoms with E-state index in [1.54, 1.807) is 37.3 Å². The van der Waals surface area contributed by atoms with Crippen molar-refractivity contribution in [3.63, 3.8) is 0 Å². The first-order valence-electron chi connectivity index (χ1n) is 12.3. The Bertz CT molecular complexity index is 1820. The van der Waals surface area contributed by atoms with Gasteiger partial charge in [-0.25, -0.2) is 9.78 Å². The monoisotopic (exact) mass is 617 g/mol. The van der Waals surface area contributed by atoms with E-state index in [4.69, 9.17) is 37.8 Å². The number of aliphatic carboxylic acids is 1. The van der Waals surface area contributed by atoms with Crippen LogP contribution >= 0.6 is 23.2 Å². The Morgan fingerprint density at radius 1 is 0.929 bits per heavy atom. The quantitative estimate of drug-likeness (QED) is 0.234. The fourth-order valence-electron chi connectivity index (χ4n) is 4.76. The topological polar surface area (TPSA) is 86.4 Å². The number of aromatic nitrogens is 3. The van der Waals surface area contributed by atoms with Gasteiger partial charge in [0.05, 0.1) is 23.7 Å². The van der Waals surface area contributed by atoms with Gasteiger partial charge in [-0.05, 0) is 58.7 Å². The normalized spacial score (nSPS) is 12.9. The zero-order chi connectivity index (χ0) is 30.8. The molecule has 0 amide bonds. The van der Waals surface area contributed by atoms with Gasteiger partial charge >= 0.3 is 12.1 Å². The lowest BCUT2D eigenvalue weighted by Crippen LogP contribution is -2.33. The number of carbonyl (C=O) groups is 1. The van der Waals surface area contributed by atoms with Crippen molar-refractivity contribution >= 4 is 40.1 Å². The summed E-state index contributed by atoms with van der Waals surface area (Å²) < 4.78 is 41.7. The van der Waals surface area contributed by atoms with Gasteiger partial charge in [0.1, 0.15) is 0 Å². The minimum atomic E-state index is -5.08. The van der Waals surface area contributed by atoms with Crippen LogP contribution in [0.5, 0.6) is 0 Å². The highest BCUT2D eigenvalue weighted by Crippen LogP contribution is 2.42. The average molecular weight is 618 g/mol. The summed E-state index contributed by atoms with van der Waals surface area (Å²) in [6.07, 6.45) is -1.53. The van der Waals surface area contributed by atoms with Gasteiger partial charge in [0.15, 0.2) is 5.60 Å². The van der Waals surface area contributed by atoms with Gasteiger partial charge in [-0.2, -0.15) is 13.2 Å². The molecule has 2 heterocycles. The van der Waals surface area contributed by atoms with Gasteiger partial charge in [0.25, 0.3) is 5.56 Å². The summed E-state index contributed by atoms with van der Waals surface area (Å²) in [5.41, 5.74) is 4.07. The van der Waals surface area contributed by atoms with E-state index in [0.29, 0.717) is 10.0 Å². The SMILES string of the molecule is COC(c1ccc(Cl)cc1)(c1ccc2c(c1)c(-c1cccc(Cl)c1)cc(=O)n2C)c1cncn1C.O=C(O)C(F)(F)F. The van der Waals surface area contributed by atoms with Crippen LogP contribution in [0.25, 0.3) is 22.0 Å². The number of fused-ring (bicyclic) bond motifs is 1. The number of methoxy groups -OCH3 is 1. The molecule has 218 valence electrons. The largest absolute Gasteiger partial charge is 0.490 e. The van der Waals surface area contributed by atoms with Gasteiger partial charge in [0.2, 0.25) is 0 Å². The molecule has 0 spiro atoms. The van der Waals surface area contributed by atoms with Crippen molar-refractivity contribution in [1.82, 2.24) is 14.1 Å². The number of rotatable bonds is 5. The first-order chi connectivity index (χ1) is 19.8. The first-order valence-corrected chi connectivity index (χ1v) is 13.0. The van der Waals surface area contributed by atoms with Crippen LogP contribution in [-0.4, -0.2) is 38.5 Å². The molecule has 0 saturated heterocycles. The van der Waals surface area contributed by atoms with E-state index in [2.05, 4.69) is 11.1 Å². The Morgan fingerprint density at radius 2 is 1.57 bits per heavy atom. The minimum absolute atomic E-state index is 0.0948. The second kappa shape index (κ2) is 12.0. The fourth-order valence-corrected chi connectivity index (χ4v) is 5.07. The molecule has 0 bridgehead atoms. The zero-order valence-electron chi connectivity index (χ0n) is 22.5. The molecule has 5 rings (SSSR count). The number of alkyl halides is 3. The Labute approximate surface area is 248 Å². The maximum atomic E-state index is 12.8. The standard InChI is InChI=1S/C28H23Cl2N3O2.C2HF3O2/c1-32-17-31-16-26(32)28(35-3,19-7-10-21(29)11-8-19)20-9-12-25-24(14-20)23(15-27(34)33(25)2)18-5-4-6-22(30)13-18;3-2(4,5)1(6)7/h4-17H,1-3H3;(H,6,7). The average Bonchev–Trinajstić information content (AvgIpc) is 3.38. The number of hydrogen-bond donors (Lipinski definition) is 1. The zero-order valence-corrected chi connectivity index (χ0v) is 24.0. The molecule has 0 aliphatic carbocycles. The molecule has 1 N–H and O–H groups in total. The highest BCUT2D eigenvalue weighted by Gasteiger charge is 2.40. The van der Waals surface area contributed by atoms with Crippen LogP contribution in [0, 0.1) is 0 Å². The van der Waals surface area contributed by atoms with Gasteiger partial charge < -0.3 is 19.0 Å². The fraction of sp³-hybridized carbons (Fsp3) is 0.167.